The van der Waals surface area contributed by atoms with Crippen molar-refractivity contribution in [2.75, 3.05) is 11.4 Å². The summed E-state index contributed by atoms with van der Waals surface area (Å²) in [6.45, 7) is 3.20. The van der Waals surface area contributed by atoms with E-state index in [4.69, 9.17) is 0 Å². The molecule has 2 heterocycles. The Balaban J connectivity index is 1.93. The molecular formula is C15H16FN3. The van der Waals surface area contributed by atoms with E-state index in [2.05, 4.69) is 21.8 Å². The van der Waals surface area contributed by atoms with E-state index in [0.717, 1.165) is 23.8 Å². The van der Waals surface area contributed by atoms with Gasteiger partial charge in [0.05, 0.1) is 5.69 Å². The highest BCUT2D eigenvalue weighted by Crippen LogP contribution is 2.24. The van der Waals surface area contributed by atoms with Crippen LogP contribution in [-0.2, 0) is 0 Å². The minimum atomic E-state index is -0.230. The van der Waals surface area contributed by atoms with Crippen molar-refractivity contribution in [3.63, 3.8) is 0 Å². The predicted molar refractivity (Wildman–Crippen MR) is 73.5 cm³/mol. The van der Waals surface area contributed by atoms with Crippen molar-refractivity contribution in [3.05, 3.63) is 42.3 Å². The Morgan fingerprint density at radius 2 is 2.00 bits per heavy atom. The molecule has 0 spiro atoms. The normalized spacial score (nSPS) is 18.8. The molecule has 0 saturated carbocycles. The molecule has 1 aliphatic heterocycles. The summed E-state index contributed by atoms with van der Waals surface area (Å²) in [5, 5.41) is 0. The monoisotopic (exact) mass is 257 g/mol. The van der Waals surface area contributed by atoms with Gasteiger partial charge in [0.25, 0.3) is 0 Å². The fourth-order valence-electron chi connectivity index (χ4n) is 2.50. The van der Waals surface area contributed by atoms with Gasteiger partial charge in [-0.2, -0.15) is 0 Å². The molecule has 3 nitrogen and oxygen atoms in total. The van der Waals surface area contributed by atoms with Gasteiger partial charge in [-0.15, -0.1) is 0 Å². The van der Waals surface area contributed by atoms with E-state index in [-0.39, 0.29) is 5.82 Å². The van der Waals surface area contributed by atoms with Crippen molar-refractivity contribution in [3.8, 4) is 11.3 Å². The zero-order chi connectivity index (χ0) is 13.2. The van der Waals surface area contributed by atoms with Crippen LogP contribution in [0.25, 0.3) is 11.3 Å². The topological polar surface area (TPSA) is 29.0 Å². The number of hydrogen-bond donors (Lipinski definition) is 0. The fourth-order valence-corrected chi connectivity index (χ4v) is 2.50. The van der Waals surface area contributed by atoms with Gasteiger partial charge in [-0.3, -0.25) is 0 Å². The minimum absolute atomic E-state index is 0.230. The molecule has 1 aliphatic rings. The van der Waals surface area contributed by atoms with Crippen LogP contribution in [-0.4, -0.2) is 22.6 Å². The summed E-state index contributed by atoms with van der Waals surface area (Å²) in [5.41, 5.74) is 1.75. The second-order valence-electron chi connectivity index (χ2n) is 4.93. The predicted octanol–water partition coefficient (Wildman–Crippen LogP) is 3.27. The van der Waals surface area contributed by atoms with Crippen molar-refractivity contribution in [1.29, 1.82) is 0 Å². The molecule has 0 unspecified atom stereocenters. The number of halogens is 1. The van der Waals surface area contributed by atoms with Gasteiger partial charge < -0.3 is 4.90 Å². The first-order chi connectivity index (χ1) is 9.24. The molecule has 0 N–H and O–H groups in total. The van der Waals surface area contributed by atoms with Crippen molar-refractivity contribution in [1.82, 2.24) is 9.97 Å². The highest BCUT2D eigenvalue weighted by Gasteiger charge is 2.22. The summed E-state index contributed by atoms with van der Waals surface area (Å²) in [4.78, 5) is 11.2. The molecule has 0 amide bonds. The summed E-state index contributed by atoms with van der Waals surface area (Å²) < 4.78 is 12.9. The number of rotatable bonds is 2. The molecule has 98 valence electrons. The van der Waals surface area contributed by atoms with Crippen LogP contribution in [0.2, 0.25) is 0 Å². The van der Waals surface area contributed by atoms with E-state index in [1.165, 1.54) is 25.0 Å². The third-order valence-corrected chi connectivity index (χ3v) is 3.59. The number of nitrogens with zero attached hydrogens (tertiary/aromatic N) is 3. The van der Waals surface area contributed by atoms with Crippen LogP contribution in [0.1, 0.15) is 19.8 Å². The Labute approximate surface area is 112 Å². The van der Waals surface area contributed by atoms with Crippen LogP contribution < -0.4 is 4.90 Å². The lowest BCUT2D eigenvalue weighted by molar-refractivity contribution is 0.628. The number of anilines is 1. The van der Waals surface area contributed by atoms with Gasteiger partial charge in [-0.05, 0) is 50.1 Å². The molecule has 0 bridgehead atoms. The molecule has 1 saturated heterocycles. The number of aromatic nitrogens is 2. The zero-order valence-corrected chi connectivity index (χ0v) is 10.9. The quantitative estimate of drug-likeness (QED) is 0.826. The van der Waals surface area contributed by atoms with E-state index in [0.29, 0.717) is 6.04 Å². The van der Waals surface area contributed by atoms with Crippen molar-refractivity contribution in [2.24, 2.45) is 0 Å². The van der Waals surface area contributed by atoms with Crippen LogP contribution in [0, 0.1) is 5.82 Å². The Morgan fingerprint density at radius 1 is 1.21 bits per heavy atom. The molecule has 4 heteroatoms. The number of hydrogen-bond acceptors (Lipinski definition) is 3. The Bertz CT molecular complexity index is 568. The molecule has 1 aromatic heterocycles. The van der Waals surface area contributed by atoms with Gasteiger partial charge in [0.2, 0.25) is 5.95 Å². The van der Waals surface area contributed by atoms with Crippen molar-refractivity contribution in [2.45, 2.75) is 25.8 Å². The minimum Gasteiger partial charge on any atom is -0.338 e. The van der Waals surface area contributed by atoms with Crippen LogP contribution in [0.5, 0.6) is 0 Å². The largest absolute Gasteiger partial charge is 0.338 e. The molecular weight excluding hydrogens is 241 g/mol. The van der Waals surface area contributed by atoms with Gasteiger partial charge in [0.15, 0.2) is 0 Å². The molecule has 0 radical (unpaired) electrons. The second kappa shape index (κ2) is 4.96. The van der Waals surface area contributed by atoms with Crippen LogP contribution in [0.3, 0.4) is 0 Å². The SMILES string of the molecule is C[C@@H]1CCCN1c1nccc(-c2ccc(F)cc2)n1. The first-order valence-corrected chi connectivity index (χ1v) is 6.60. The lowest BCUT2D eigenvalue weighted by Gasteiger charge is -2.21. The molecule has 1 fully saturated rings. The molecule has 1 atom stereocenters. The first kappa shape index (κ1) is 12.1. The number of benzene rings is 1. The molecule has 2 aromatic rings. The van der Waals surface area contributed by atoms with Gasteiger partial charge in [-0.1, -0.05) is 0 Å². The van der Waals surface area contributed by atoms with Crippen LogP contribution in [0.15, 0.2) is 36.5 Å². The van der Waals surface area contributed by atoms with Gasteiger partial charge >= 0.3 is 0 Å². The second-order valence-corrected chi connectivity index (χ2v) is 4.93. The molecule has 3 rings (SSSR count). The average Bonchev–Trinajstić information content (AvgIpc) is 2.86. The standard InChI is InChI=1S/C15H16FN3/c1-11-3-2-10-19(11)15-17-9-8-14(18-15)12-4-6-13(16)7-5-12/h4-9,11H,2-3,10H2,1H3/t11-/m1/s1. The Hall–Kier alpha value is -1.97. The third-order valence-electron chi connectivity index (χ3n) is 3.59. The Kier molecular flexibility index (Phi) is 3.15. The average molecular weight is 257 g/mol. The van der Waals surface area contributed by atoms with E-state index < -0.39 is 0 Å². The molecule has 19 heavy (non-hydrogen) atoms. The van der Waals surface area contributed by atoms with Crippen LogP contribution >= 0.6 is 0 Å². The third kappa shape index (κ3) is 2.43. The summed E-state index contributed by atoms with van der Waals surface area (Å²) in [6.07, 6.45) is 4.14. The van der Waals surface area contributed by atoms with Crippen molar-refractivity contribution >= 4 is 5.95 Å². The molecule has 0 aliphatic carbocycles. The molecule has 1 aromatic carbocycles. The maximum Gasteiger partial charge on any atom is 0.226 e. The van der Waals surface area contributed by atoms with Gasteiger partial charge in [0, 0.05) is 24.3 Å². The summed E-state index contributed by atoms with van der Waals surface area (Å²) in [7, 11) is 0. The maximum absolute atomic E-state index is 12.9. The lowest BCUT2D eigenvalue weighted by Crippen LogP contribution is -2.28. The Morgan fingerprint density at radius 3 is 2.68 bits per heavy atom. The maximum atomic E-state index is 12.9. The van der Waals surface area contributed by atoms with E-state index in [1.807, 2.05) is 6.07 Å². The highest BCUT2D eigenvalue weighted by molar-refractivity contribution is 5.60. The fraction of sp³-hybridized carbons (Fsp3) is 0.333. The smallest absolute Gasteiger partial charge is 0.226 e. The van der Waals surface area contributed by atoms with Crippen LogP contribution in [0.4, 0.5) is 10.3 Å². The summed E-state index contributed by atoms with van der Waals surface area (Å²) >= 11 is 0. The van der Waals surface area contributed by atoms with Gasteiger partial charge in [-0.25, -0.2) is 14.4 Å². The zero-order valence-electron chi connectivity index (χ0n) is 10.9. The summed E-state index contributed by atoms with van der Waals surface area (Å²) in [5.74, 6) is 0.540. The first-order valence-electron chi connectivity index (χ1n) is 6.60. The van der Waals surface area contributed by atoms with Crippen molar-refractivity contribution < 1.29 is 4.39 Å². The highest BCUT2D eigenvalue weighted by atomic mass is 19.1. The summed E-state index contributed by atoms with van der Waals surface area (Å²) in [6, 6.07) is 8.75. The lowest BCUT2D eigenvalue weighted by atomic mass is 10.1. The van der Waals surface area contributed by atoms with E-state index >= 15 is 0 Å². The van der Waals surface area contributed by atoms with E-state index in [9.17, 15) is 4.39 Å². The van der Waals surface area contributed by atoms with E-state index in [1.54, 1.807) is 18.3 Å². The van der Waals surface area contributed by atoms with Gasteiger partial charge in [0.1, 0.15) is 5.82 Å².